The largest absolute Gasteiger partial charge is 0.393 e. The highest BCUT2D eigenvalue weighted by molar-refractivity contribution is 7.80. The molecule has 0 aliphatic heterocycles. The summed E-state index contributed by atoms with van der Waals surface area (Å²) in [5.74, 6) is 0.00866. The van der Waals surface area contributed by atoms with Crippen LogP contribution in [0.4, 0.5) is 0 Å². The first kappa shape index (κ1) is 13.9. The number of hydrogen-bond donors (Lipinski definition) is 1. The predicted molar refractivity (Wildman–Crippen MR) is 74.2 cm³/mol. The smallest absolute Gasteiger partial charge is 0.226 e. The van der Waals surface area contributed by atoms with Gasteiger partial charge in [-0.1, -0.05) is 42.0 Å². The number of likely N-dealkylation sites (N-methyl/N-ethyl adjacent to an activating group) is 1. The van der Waals surface area contributed by atoms with Gasteiger partial charge in [-0.2, -0.15) is 0 Å². The first-order valence-corrected chi connectivity index (χ1v) is 6.05. The minimum Gasteiger partial charge on any atom is -0.393 e. The minimum atomic E-state index is 0.00866. The molecule has 0 aliphatic carbocycles. The van der Waals surface area contributed by atoms with Crippen molar-refractivity contribution in [2.24, 2.45) is 5.73 Å². The third kappa shape index (κ3) is 4.71. The van der Waals surface area contributed by atoms with E-state index < -0.39 is 0 Å². The second-order valence-corrected chi connectivity index (χ2v) is 4.73. The maximum atomic E-state index is 11.9. The van der Waals surface area contributed by atoms with Crippen LogP contribution in [0.15, 0.2) is 24.3 Å². The van der Waals surface area contributed by atoms with Crippen LogP contribution in [0.5, 0.6) is 0 Å². The van der Waals surface area contributed by atoms with E-state index in [0.29, 0.717) is 29.4 Å². The second kappa shape index (κ2) is 6.57. The summed E-state index contributed by atoms with van der Waals surface area (Å²) in [6.07, 6.45) is 0.841. The molecule has 0 fully saturated rings. The fraction of sp³-hybridized carbons (Fsp3) is 0.333. The van der Waals surface area contributed by atoms with E-state index in [1.807, 2.05) is 18.2 Å². The van der Waals surface area contributed by atoms with Gasteiger partial charge in [0.25, 0.3) is 0 Å². The van der Waals surface area contributed by atoms with E-state index >= 15 is 0 Å². The maximum Gasteiger partial charge on any atom is 0.226 e. The van der Waals surface area contributed by atoms with Gasteiger partial charge in [-0.15, -0.1) is 0 Å². The lowest BCUT2D eigenvalue weighted by Crippen LogP contribution is -2.31. The first-order valence-electron chi connectivity index (χ1n) is 5.26. The number of carbonyl (C=O) groups is 1. The van der Waals surface area contributed by atoms with Gasteiger partial charge in [0.2, 0.25) is 5.91 Å². The van der Waals surface area contributed by atoms with Gasteiger partial charge < -0.3 is 10.6 Å². The molecule has 0 radical (unpaired) electrons. The Morgan fingerprint density at radius 3 is 2.71 bits per heavy atom. The monoisotopic (exact) mass is 270 g/mol. The molecule has 0 bridgehead atoms. The molecule has 0 heterocycles. The van der Waals surface area contributed by atoms with Gasteiger partial charge in [0, 0.05) is 25.0 Å². The molecule has 0 atom stereocenters. The standard InChI is InChI=1S/C12H15ClN2OS/c1-15(7-6-11(14)17)12(16)8-9-4-2-3-5-10(9)13/h2-5H,6-8H2,1H3,(H2,14,17). The van der Waals surface area contributed by atoms with Crippen molar-refractivity contribution < 1.29 is 4.79 Å². The van der Waals surface area contributed by atoms with Crippen molar-refractivity contribution >= 4 is 34.7 Å². The molecular weight excluding hydrogens is 256 g/mol. The molecule has 0 spiro atoms. The van der Waals surface area contributed by atoms with Gasteiger partial charge >= 0.3 is 0 Å². The number of rotatable bonds is 5. The zero-order valence-corrected chi connectivity index (χ0v) is 11.2. The topological polar surface area (TPSA) is 46.3 Å². The Morgan fingerprint density at radius 1 is 1.47 bits per heavy atom. The number of thiocarbonyl (C=S) groups is 1. The predicted octanol–water partition coefficient (Wildman–Crippen LogP) is 2.02. The average molecular weight is 271 g/mol. The number of benzene rings is 1. The van der Waals surface area contributed by atoms with Crippen LogP contribution in [0.3, 0.4) is 0 Å². The molecule has 1 aromatic carbocycles. The Morgan fingerprint density at radius 2 is 2.12 bits per heavy atom. The van der Waals surface area contributed by atoms with Crippen LogP contribution < -0.4 is 5.73 Å². The molecule has 0 saturated heterocycles. The summed E-state index contributed by atoms with van der Waals surface area (Å²) in [5.41, 5.74) is 6.22. The van der Waals surface area contributed by atoms with Crippen molar-refractivity contribution in [3.63, 3.8) is 0 Å². The third-order valence-electron chi connectivity index (χ3n) is 2.42. The average Bonchev–Trinajstić information content (AvgIpc) is 2.28. The lowest BCUT2D eigenvalue weighted by molar-refractivity contribution is -0.129. The van der Waals surface area contributed by atoms with E-state index in [1.54, 1.807) is 18.0 Å². The van der Waals surface area contributed by atoms with Crippen LogP contribution in [-0.2, 0) is 11.2 Å². The zero-order valence-electron chi connectivity index (χ0n) is 9.65. The van der Waals surface area contributed by atoms with Crippen LogP contribution in [0.25, 0.3) is 0 Å². The summed E-state index contributed by atoms with van der Waals surface area (Å²) in [6, 6.07) is 7.33. The van der Waals surface area contributed by atoms with Gasteiger partial charge in [0.05, 0.1) is 11.4 Å². The Balaban J connectivity index is 2.54. The highest BCUT2D eigenvalue weighted by Gasteiger charge is 2.11. The molecule has 0 aliphatic rings. The SMILES string of the molecule is CN(CCC(N)=S)C(=O)Cc1ccccc1Cl. The lowest BCUT2D eigenvalue weighted by Gasteiger charge is -2.17. The third-order valence-corrected chi connectivity index (χ3v) is 2.99. The van der Waals surface area contributed by atoms with Crippen molar-refractivity contribution in [1.82, 2.24) is 4.90 Å². The molecule has 2 N–H and O–H groups in total. The Hall–Kier alpha value is -1.13. The summed E-state index contributed by atoms with van der Waals surface area (Å²) in [4.78, 5) is 13.9. The molecule has 5 heteroatoms. The van der Waals surface area contributed by atoms with Crippen molar-refractivity contribution in [3.8, 4) is 0 Å². The van der Waals surface area contributed by atoms with E-state index in [1.165, 1.54) is 0 Å². The van der Waals surface area contributed by atoms with Crippen LogP contribution in [0, 0.1) is 0 Å². The first-order chi connectivity index (χ1) is 8.00. The number of amides is 1. The fourth-order valence-corrected chi connectivity index (χ4v) is 1.64. The summed E-state index contributed by atoms with van der Waals surface area (Å²) >= 11 is 10.8. The van der Waals surface area contributed by atoms with E-state index in [4.69, 9.17) is 29.6 Å². The molecule has 17 heavy (non-hydrogen) atoms. The Labute approximate surface area is 112 Å². The molecule has 0 aromatic heterocycles. The van der Waals surface area contributed by atoms with Gasteiger partial charge in [0.15, 0.2) is 0 Å². The highest BCUT2D eigenvalue weighted by Crippen LogP contribution is 2.15. The van der Waals surface area contributed by atoms with Gasteiger partial charge in [-0.05, 0) is 11.6 Å². The molecule has 1 amide bonds. The minimum absolute atomic E-state index is 0.00866. The molecule has 92 valence electrons. The summed E-state index contributed by atoms with van der Waals surface area (Å²) in [6.45, 7) is 0.540. The van der Waals surface area contributed by atoms with Crippen LogP contribution >= 0.6 is 23.8 Å². The molecule has 0 saturated carbocycles. The maximum absolute atomic E-state index is 11.9. The number of hydrogen-bond acceptors (Lipinski definition) is 2. The van der Waals surface area contributed by atoms with Crippen molar-refractivity contribution in [1.29, 1.82) is 0 Å². The van der Waals surface area contributed by atoms with Crippen molar-refractivity contribution in [2.45, 2.75) is 12.8 Å². The molecule has 1 rings (SSSR count). The number of nitrogens with zero attached hydrogens (tertiary/aromatic N) is 1. The second-order valence-electron chi connectivity index (χ2n) is 3.80. The van der Waals surface area contributed by atoms with Gasteiger partial charge in [-0.3, -0.25) is 4.79 Å². The number of nitrogens with two attached hydrogens (primary N) is 1. The zero-order chi connectivity index (χ0) is 12.8. The van der Waals surface area contributed by atoms with E-state index in [9.17, 15) is 4.79 Å². The molecular formula is C12H15ClN2OS. The summed E-state index contributed by atoms with van der Waals surface area (Å²) < 4.78 is 0. The van der Waals surface area contributed by atoms with Crippen LogP contribution in [-0.4, -0.2) is 29.4 Å². The van der Waals surface area contributed by atoms with E-state index in [-0.39, 0.29) is 5.91 Å². The van der Waals surface area contributed by atoms with Gasteiger partial charge in [-0.25, -0.2) is 0 Å². The number of carbonyl (C=O) groups excluding carboxylic acids is 1. The highest BCUT2D eigenvalue weighted by atomic mass is 35.5. The molecule has 0 unspecified atom stereocenters. The fourth-order valence-electron chi connectivity index (χ4n) is 1.34. The van der Waals surface area contributed by atoms with Gasteiger partial charge in [0.1, 0.15) is 0 Å². The van der Waals surface area contributed by atoms with E-state index in [0.717, 1.165) is 5.56 Å². The van der Waals surface area contributed by atoms with Crippen molar-refractivity contribution in [2.75, 3.05) is 13.6 Å². The Bertz CT molecular complexity index is 423. The summed E-state index contributed by atoms with van der Waals surface area (Å²) in [7, 11) is 1.73. The van der Waals surface area contributed by atoms with Crippen LogP contribution in [0.1, 0.15) is 12.0 Å². The van der Waals surface area contributed by atoms with Crippen molar-refractivity contribution in [3.05, 3.63) is 34.9 Å². The van der Waals surface area contributed by atoms with Crippen LogP contribution in [0.2, 0.25) is 5.02 Å². The quantitative estimate of drug-likeness (QED) is 0.833. The Kier molecular flexibility index (Phi) is 5.38. The summed E-state index contributed by atoms with van der Waals surface area (Å²) in [5, 5.41) is 0.614. The lowest BCUT2D eigenvalue weighted by atomic mass is 10.1. The molecule has 1 aromatic rings. The number of halogens is 1. The van der Waals surface area contributed by atoms with E-state index in [2.05, 4.69) is 0 Å². The normalized spacial score (nSPS) is 10.0. The molecule has 3 nitrogen and oxygen atoms in total.